The van der Waals surface area contributed by atoms with E-state index in [1.807, 2.05) is 0 Å². The quantitative estimate of drug-likeness (QED) is 0.767. The van der Waals surface area contributed by atoms with Crippen molar-refractivity contribution in [3.63, 3.8) is 0 Å². The van der Waals surface area contributed by atoms with Gasteiger partial charge < -0.3 is 0 Å². The number of aromatic amines is 1. The fraction of sp³-hybridized carbons (Fsp3) is 0.143. The van der Waals surface area contributed by atoms with E-state index in [2.05, 4.69) is 25.5 Å². The van der Waals surface area contributed by atoms with Crippen LogP contribution in [-0.2, 0) is 0 Å². The smallest absolute Gasteiger partial charge is 0.269 e. The third kappa shape index (κ3) is 1.62. The molecule has 0 saturated heterocycles. The Kier molecular flexibility index (Phi) is 2.23. The molecule has 6 nitrogen and oxygen atoms in total. The summed E-state index contributed by atoms with van der Waals surface area (Å²) in [6.45, 7) is 1.78. The summed E-state index contributed by atoms with van der Waals surface area (Å²) < 4.78 is 0. The Hall–Kier alpha value is -1.76. The lowest BCUT2D eigenvalue weighted by Gasteiger charge is -1.98. The Morgan fingerprint density at radius 3 is 3.00 bits per heavy atom. The number of hydrogen-bond donors (Lipinski definition) is 2. The zero-order chi connectivity index (χ0) is 9.97. The van der Waals surface area contributed by atoms with Gasteiger partial charge in [-0.3, -0.25) is 10.1 Å². The van der Waals surface area contributed by atoms with Crippen LogP contribution in [0.2, 0.25) is 0 Å². The van der Waals surface area contributed by atoms with Crippen LogP contribution in [0, 0.1) is 6.92 Å². The van der Waals surface area contributed by atoms with Crippen LogP contribution in [0.3, 0.4) is 0 Å². The molecule has 2 aromatic rings. The van der Waals surface area contributed by atoms with Gasteiger partial charge in [0, 0.05) is 0 Å². The SMILES string of the molecule is Cc1ncsc1C(=O)Nc1ncn[nH]1. The largest absolute Gasteiger partial charge is 0.290 e. The highest BCUT2D eigenvalue weighted by Gasteiger charge is 2.12. The third-order valence-corrected chi connectivity index (χ3v) is 2.53. The molecule has 0 aliphatic carbocycles. The van der Waals surface area contributed by atoms with Gasteiger partial charge in [0.1, 0.15) is 11.2 Å². The summed E-state index contributed by atoms with van der Waals surface area (Å²) in [5, 5.41) is 8.72. The van der Waals surface area contributed by atoms with Crippen molar-refractivity contribution in [2.45, 2.75) is 6.92 Å². The van der Waals surface area contributed by atoms with Gasteiger partial charge in [-0.2, -0.15) is 10.1 Å². The number of thiazole rings is 1. The van der Waals surface area contributed by atoms with Gasteiger partial charge in [0.2, 0.25) is 5.95 Å². The molecule has 0 fully saturated rings. The number of carbonyl (C=O) groups is 1. The normalized spacial score (nSPS) is 10.1. The molecule has 2 heterocycles. The zero-order valence-corrected chi connectivity index (χ0v) is 8.13. The van der Waals surface area contributed by atoms with E-state index in [1.54, 1.807) is 12.4 Å². The second-order valence-corrected chi connectivity index (χ2v) is 3.41. The first-order chi connectivity index (χ1) is 6.77. The molecule has 1 amide bonds. The first kappa shape index (κ1) is 8.82. The summed E-state index contributed by atoms with van der Waals surface area (Å²) in [4.78, 5) is 19.9. The summed E-state index contributed by atoms with van der Waals surface area (Å²) in [5.74, 6) is 0.115. The van der Waals surface area contributed by atoms with Crippen LogP contribution in [0.4, 0.5) is 5.95 Å². The number of aryl methyl sites for hydroxylation is 1. The van der Waals surface area contributed by atoms with E-state index in [0.29, 0.717) is 16.5 Å². The summed E-state index contributed by atoms with van der Waals surface area (Å²) in [6.07, 6.45) is 1.33. The van der Waals surface area contributed by atoms with Gasteiger partial charge in [0.25, 0.3) is 5.91 Å². The van der Waals surface area contributed by atoms with Crippen molar-refractivity contribution >= 4 is 23.2 Å². The van der Waals surface area contributed by atoms with Gasteiger partial charge in [-0.05, 0) is 6.92 Å². The molecule has 0 aliphatic rings. The number of aromatic nitrogens is 4. The minimum atomic E-state index is -0.221. The van der Waals surface area contributed by atoms with E-state index in [0.717, 1.165) is 0 Å². The topological polar surface area (TPSA) is 83.6 Å². The Bertz CT molecular complexity index is 435. The maximum atomic E-state index is 11.6. The molecule has 2 N–H and O–H groups in total. The molecule has 2 rings (SSSR count). The van der Waals surface area contributed by atoms with Crippen LogP contribution in [-0.4, -0.2) is 26.1 Å². The van der Waals surface area contributed by atoms with Crippen molar-refractivity contribution in [1.82, 2.24) is 20.2 Å². The van der Waals surface area contributed by atoms with Crippen molar-refractivity contribution in [1.29, 1.82) is 0 Å². The van der Waals surface area contributed by atoms with E-state index in [-0.39, 0.29) is 5.91 Å². The lowest BCUT2D eigenvalue weighted by Crippen LogP contribution is -2.12. The molecule has 0 spiro atoms. The van der Waals surface area contributed by atoms with Crippen molar-refractivity contribution in [3.05, 3.63) is 22.4 Å². The van der Waals surface area contributed by atoms with Crippen molar-refractivity contribution < 1.29 is 4.79 Å². The van der Waals surface area contributed by atoms with Crippen molar-refractivity contribution in [3.8, 4) is 0 Å². The summed E-state index contributed by atoms with van der Waals surface area (Å²) in [5.41, 5.74) is 2.34. The molecule has 7 heteroatoms. The highest BCUT2D eigenvalue weighted by atomic mass is 32.1. The molecule has 0 aromatic carbocycles. The molecular weight excluding hydrogens is 202 g/mol. The van der Waals surface area contributed by atoms with Gasteiger partial charge in [0.05, 0.1) is 11.2 Å². The number of hydrogen-bond acceptors (Lipinski definition) is 5. The zero-order valence-electron chi connectivity index (χ0n) is 7.31. The van der Waals surface area contributed by atoms with Gasteiger partial charge in [-0.25, -0.2) is 10.1 Å². The van der Waals surface area contributed by atoms with Crippen LogP contribution < -0.4 is 5.32 Å². The lowest BCUT2D eigenvalue weighted by molar-refractivity contribution is 0.102. The van der Waals surface area contributed by atoms with Gasteiger partial charge >= 0.3 is 0 Å². The molecule has 0 atom stereocenters. The Balaban J connectivity index is 2.14. The van der Waals surface area contributed by atoms with Crippen molar-refractivity contribution in [2.75, 3.05) is 5.32 Å². The van der Waals surface area contributed by atoms with Crippen LogP contribution >= 0.6 is 11.3 Å². The average Bonchev–Trinajstić information content (AvgIpc) is 2.75. The van der Waals surface area contributed by atoms with Crippen LogP contribution in [0.25, 0.3) is 0 Å². The molecular formula is C7H7N5OS. The molecule has 0 unspecified atom stereocenters. The minimum absolute atomic E-state index is 0.221. The number of amides is 1. The Morgan fingerprint density at radius 2 is 2.43 bits per heavy atom. The number of H-pyrrole nitrogens is 1. The number of carbonyl (C=O) groups excluding carboxylic acids is 1. The summed E-state index contributed by atoms with van der Waals surface area (Å²) >= 11 is 1.29. The van der Waals surface area contributed by atoms with E-state index in [4.69, 9.17) is 0 Å². The van der Waals surface area contributed by atoms with Crippen LogP contribution in [0.1, 0.15) is 15.4 Å². The highest BCUT2D eigenvalue weighted by molar-refractivity contribution is 7.12. The molecule has 0 aliphatic heterocycles. The van der Waals surface area contributed by atoms with Gasteiger partial charge in [-0.15, -0.1) is 11.3 Å². The molecule has 0 radical (unpaired) electrons. The highest BCUT2D eigenvalue weighted by Crippen LogP contribution is 2.13. The fourth-order valence-electron chi connectivity index (χ4n) is 0.950. The second kappa shape index (κ2) is 3.54. The standard InChI is InChI=1S/C7H7N5OS/c1-4-5(14-3-9-4)6(13)11-7-8-2-10-12-7/h2-3H,1H3,(H2,8,10,11,12,13). The number of nitrogens with zero attached hydrogens (tertiary/aromatic N) is 3. The minimum Gasteiger partial charge on any atom is -0.290 e. The van der Waals surface area contributed by atoms with Crippen LogP contribution in [0.5, 0.6) is 0 Å². The second-order valence-electron chi connectivity index (χ2n) is 2.56. The van der Waals surface area contributed by atoms with Gasteiger partial charge in [-0.1, -0.05) is 0 Å². The van der Waals surface area contributed by atoms with E-state index < -0.39 is 0 Å². The van der Waals surface area contributed by atoms with E-state index in [1.165, 1.54) is 17.7 Å². The summed E-state index contributed by atoms with van der Waals surface area (Å²) in [7, 11) is 0. The third-order valence-electron chi connectivity index (χ3n) is 1.60. The maximum absolute atomic E-state index is 11.6. The number of rotatable bonds is 2. The predicted octanol–water partition coefficient (Wildman–Crippen LogP) is 0.822. The predicted molar refractivity (Wildman–Crippen MR) is 51.2 cm³/mol. The Labute approximate surface area is 83.4 Å². The summed E-state index contributed by atoms with van der Waals surface area (Å²) in [6, 6.07) is 0. The maximum Gasteiger partial charge on any atom is 0.269 e. The van der Waals surface area contributed by atoms with Crippen molar-refractivity contribution in [2.24, 2.45) is 0 Å². The van der Waals surface area contributed by atoms with E-state index in [9.17, 15) is 4.79 Å². The van der Waals surface area contributed by atoms with Crippen LogP contribution in [0.15, 0.2) is 11.8 Å². The molecule has 0 bridgehead atoms. The Morgan fingerprint density at radius 1 is 1.57 bits per heavy atom. The van der Waals surface area contributed by atoms with Gasteiger partial charge in [0.15, 0.2) is 0 Å². The molecule has 14 heavy (non-hydrogen) atoms. The number of nitrogens with one attached hydrogen (secondary N) is 2. The number of anilines is 1. The molecule has 2 aromatic heterocycles. The lowest BCUT2D eigenvalue weighted by atomic mass is 10.4. The first-order valence-electron chi connectivity index (χ1n) is 3.84. The fourth-order valence-corrected chi connectivity index (χ4v) is 1.65. The monoisotopic (exact) mass is 209 g/mol. The molecule has 72 valence electrons. The molecule has 0 saturated carbocycles. The van der Waals surface area contributed by atoms with E-state index >= 15 is 0 Å². The first-order valence-corrected chi connectivity index (χ1v) is 4.72. The average molecular weight is 209 g/mol.